The van der Waals surface area contributed by atoms with Crippen molar-refractivity contribution >= 4 is 18.0 Å². The molecule has 80 valence electrons. The molecule has 0 heterocycles. The van der Waals surface area contributed by atoms with E-state index in [-0.39, 0.29) is 11.8 Å². The van der Waals surface area contributed by atoms with Crippen molar-refractivity contribution in [1.82, 2.24) is 0 Å². The first-order valence-corrected chi connectivity index (χ1v) is 4.98. The van der Waals surface area contributed by atoms with E-state index < -0.39 is 10.8 Å². The lowest BCUT2D eigenvalue weighted by atomic mass is 9.34. The smallest absolute Gasteiger partial charge is 0.323 e. The van der Waals surface area contributed by atoms with Crippen LogP contribution in [0.3, 0.4) is 0 Å². The van der Waals surface area contributed by atoms with Crippen molar-refractivity contribution < 1.29 is 19.1 Å². The minimum Gasteiger partial charge on any atom is -0.466 e. The van der Waals surface area contributed by atoms with Crippen LogP contribution < -0.4 is 0 Å². The van der Waals surface area contributed by atoms with Crippen LogP contribution in [0.15, 0.2) is 0 Å². The predicted octanol–water partition coefficient (Wildman–Crippen LogP) is 0.589. The molecule has 0 radical (unpaired) electrons. The molecule has 3 aliphatic rings. The molecule has 0 saturated heterocycles. The Labute approximate surface area is 87.0 Å². The molecule has 0 aromatic heterocycles. The van der Waals surface area contributed by atoms with Gasteiger partial charge in [-0.1, -0.05) is 0 Å². The third-order valence-corrected chi connectivity index (χ3v) is 3.44. The van der Waals surface area contributed by atoms with Gasteiger partial charge in [-0.2, -0.15) is 4.79 Å². The van der Waals surface area contributed by atoms with Crippen LogP contribution in [-0.2, 0) is 14.3 Å². The van der Waals surface area contributed by atoms with E-state index in [1.165, 1.54) is 0 Å². The van der Waals surface area contributed by atoms with Crippen LogP contribution in [0.2, 0.25) is 0 Å². The zero-order chi connectivity index (χ0) is 11.1. The van der Waals surface area contributed by atoms with E-state index in [0.29, 0.717) is 25.9 Å². The van der Waals surface area contributed by atoms with E-state index in [1.807, 2.05) is 0 Å². The molecule has 5 nitrogen and oxygen atoms in total. The summed E-state index contributed by atoms with van der Waals surface area (Å²) in [7, 11) is 0. The molecule has 3 saturated carbocycles. The number of esters is 1. The number of rotatable bonds is 4. The monoisotopic (exact) mass is 208 g/mol. The number of nitrogens with zero attached hydrogens (tertiary/aromatic N) is 2. The van der Waals surface area contributed by atoms with Gasteiger partial charge in [0.25, 0.3) is 0 Å². The number of ketones is 1. The van der Waals surface area contributed by atoms with Crippen molar-refractivity contribution in [1.29, 1.82) is 0 Å². The maximum atomic E-state index is 11.5. The molecule has 3 rings (SSSR count). The van der Waals surface area contributed by atoms with Crippen molar-refractivity contribution in [3.05, 3.63) is 5.53 Å². The van der Waals surface area contributed by atoms with Crippen LogP contribution in [0.4, 0.5) is 0 Å². The molecule has 0 aromatic rings. The topological polar surface area (TPSA) is 79.8 Å². The summed E-state index contributed by atoms with van der Waals surface area (Å²) in [4.78, 5) is 25.7. The largest absolute Gasteiger partial charge is 0.466 e. The predicted molar refractivity (Wildman–Crippen MR) is 50.0 cm³/mol. The Morgan fingerprint density at radius 2 is 2.00 bits per heavy atom. The third-order valence-electron chi connectivity index (χ3n) is 3.44. The zero-order valence-electron chi connectivity index (χ0n) is 8.52. The fourth-order valence-corrected chi connectivity index (χ4v) is 2.74. The lowest BCUT2D eigenvalue weighted by Gasteiger charge is -2.66. The van der Waals surface area contributed by atoms with Crippen molar-refractivity contribution in [2.45, 2.75) is 26.2 Å². The fraction of sp³-hybridized carbons (Fsp3) is 0.700. The van der Waals surface area contributed by atoms with Crippen LogP contribution in [-0.4, -0.2) is 29.4 Å². The summed E-state index contributed by atoms with van der Waals surface area (Å²) >= 11 is 0. The first-order valence-electron chi connectivity index (χ1n) is 4.98. The summed E-state index contributed by atoms with van der Waals surface area (Å²) in [5.74, 6) is -0.378. The Morgan fingerprint density at radius 1 is 1.40 bits per heavy atom. The number of carbonyl (C=O) groups excluding carboxylic acids is 2. The molecule has 3 fully saturated rings. The minimum absolute atomic E-state index is 0.184. The number of hydrogen-bond donors (Lipinski definition) is 0. The van der Waals surface area contributed by atoms with E-state index in [1.54, 1.807) is 6.92 Å². The first-order chi connectivity index (χ1) is 7.08. The van der Waals surface area contributed by atoms with Crippen LogP contribution in [0.1, 0.15) is 26.2 Å². The molecule has 0 atom stereocenters. The molecule has 0 unspecified atom stereocenters. The maximum Gasteiger partial charge on any atom is 0.323 e. The summed E-state index contributed by atoms with van der Waals surface area (Å²) in [6.07, 6.45) is 2.56. The van der Waals surface area contributed by atoms with Crippen LogP contribution >= 0.6 is 0 Å². The van der Waals surface area contributed by atoms with Gasteiger partial charge in [0.2, 0.25) is 5.78 Å². The van der Waals surface area contributed by atoms with Crippen molar-refractivity contribution in [2.75, 3.05) is 6.61 Å². The zero-order valence-corrected chi connectivity index (χ0v) is 8.52. The first kappa shape index (κ1) is 10.1. The lowest BCUT2D eigenvalue weighted by molar-refractivity contribution is -0.220. The second-order valence-electron chi connectivity index (χ2n) is 4.42. The molecule has 0 amide bonds. The van der Waals surface area contributed by atoms with Crippen molar-refractivity contribution in [2.24, 2.45) is 10.8 Å². The summed E-state index contributed by atoms with van der Waals surface area (Å²) < 4.78 is 4.94. The van der Waals surface area contributed by atoms with Gasteiger partial charge < -0.3 is 10.3 Å². The average molecular weight is 208 g/mol. The molecule has 0 aromatic carbocycles. The van der Waals surface area contributed by atoms with Gasteiger partial charge in [-0.05, 0) is 26.2 Å². The van der Waals surface area contributed by atoms with Gasteiger partial charge in [-0.3, -0.25) is 9.59 Å². The standard InChI is InChI=1S/C10H12N2O3/c1-2-15-8(14)10-4-9(5-10,6-10)7(13)3-12-11/h3H,2,4-6H2,1H3. The molecular formula is C10H12N2O3. The van der Waals surface area contributed by atoms with Gasteiger partial charge in [-0.25, -0.2) is 0 Å². The number of carbonyl (C=O) groups is 2. The number of ether oxygens (including phenoxy) is 1. The highest BCUT2D eigenvalue weighted by Crippen LogP contribution is 2.73. The molecule has 15 heavy (non-hydrogen) atoms. The lowest BCUT2D eigenvalue weighted by Crippen LogP contribution is -2.69. The Bertz CT molecular complexity index is 362. The van der Waals surface area contributed by atoms with Gasteiger partial charge >= 0.3 is 12.2 Å². The van der Waals surface area contributed by atoms with E-state index in [0.717, 1.165) is 6.21 Å². The highest BCUT2D eigenvalue weighted by Gasteiger charge is 2.75. The summed E-state index contributed by atoms with van der Waals surface area (Å²) in [6.45, 7) is 2.14. The Balaban J connectivity index is 1.98. The molecule has 0 aliphatic heterocycles. The van der Waals surface area contributed by atoms with Gasteiger partial charge in [0.15, 0.2) is 0 Å². The molecule has 3 aliphatic carbocycles. The Hall–Kier alpha value is -1.48. The molecule has 0 spiro atoms. The quantitative estimate of drug-likeness (QED) is 0.293. The Kier molecular flexibility index (Phi) is 2.01. The van der Waals surface area contributed by atoms with Gasteiger partial charge in [0, 0.05) is 5.41 Å². The summed E-state index contributed by atoms with van der Waals surface area (Å²) in [6, 6.07) is 0. The van der Waals surface area contributed by atoms with Crippen LogP contribution in [0.5, 0.6) is 0 Å². The molecular weight excluding hydrogens is 196 g/mol. The molecule has 0 N–H and O–H groups in total. The normalized spacial score (nSPS) is 35.5. The van der Waals surface area contributed by atoms with E-state index in [4.69, 9.17) is 10.3 Å². The van der Waals surface area contributed by atoms with E-state index in [2.05, 4.69) is 4.79 Å². The third kappa shape index (κ3) is 1.16. The molecule has 2 bridgehead atoms. The number of hydrogen-bond acceptors (Lipinski definition) is 3. The number of Topliss-reactive ketones (excluding diaryl/α,β-unsaturated/α-hetero) is 1. The minimum atomic E-state index is -0.432. The second-order valence-corrected chi connectivity index (χ2v) is 4.42. The SMILES string of the molecule is CCOC(=O)C12CC(C(=O)C=[N+]=[N-])(C1)C2. The van der Waals surface area contributed by atoms with Gasteiger partial charge in [0.1, 0.15) is 0 Å². The van der Waals surface area contributed by atoms with Crippen LogP contribution in [0.25, 0.3) is 5.53 Å². The van der Waals surface area contributed by atoms with Crippen molar-refractivity contribution in [3.8, 4) is 0 Å². The fourth-order valence-electron chi connectivity index (χ4n) is 2.74. The van der Waals surface area contributed by atoms with E-state index >= 15 is 0 Å². The maximum absolute atomic E-state index is 11.5. The highest BCUT2D eigenvalue weighted by atomic mass is 16.5. The van der Waals surface area contributed by atoms with Crippen molar-refractivity contribution in [3.63, 3.8) is 0 Å². The summed E-state index contributed by atoms with van der Waals surface area (Å²) in [5, 5.41) is 0. The second kappa shape index (κ2) is 3.00. The highest BCUT2D eigenvalue weighted by molar-refractivity contribution is 6.29. The Morgan fingerprint density at radius 3 is 2.47 bits per heavy atom. The van der Waals surface area contributed by atoms with E-state index in [9.17, 15) is 9.59 Å². The van der Waals surface area contributed by atoms with Crippen LogP contribution in [0, 0.1) is 10.8 Å². The van der Waals surface area contributed by atoms with Gasteiger partial charge in [-0.15, -0.1) is 0 Å². The summed E-state index contributed by atoms with van der Waals surface area (Å²) in [5.41, 5.74) is 7.41. The molecule has 5 heteroatoms. The average Bonchev–Trinajstić information content (AvgIpc) is 1.99. The van der Waals surface area contributed by atoms with Gasteiger partial charge in [0.05, 0.1) is 12.0 Å².